The summed E-state index contributed by atoms with van der Waals surface area (Å²) in [7, 11) is 1.62. The number of ether oxygens (including phenoxy) is 1. The largest absolute Gasteiger partial charge is 0.497 e. The van der Waals surface area contributed by atoms with E-state index in [1.54, 1.807) is 25.5 Å². The number of rotatable bonds is 4. The first-order chi connectivity index (χ1) is 10.3. The first kappa shape index (κ1) is 13.0. The van der Waals surface area contributed by atoms with Crippen molar-refractivity contribution in [3.8, 4) is 5.75 Å². The van der Waals surface area contributed by atoms with Crippen LogP contribution in [0, 0.1) is 0 Å². The molecule has 2 heterocycles. The number of methoxy groups -OCH3 is 1. The number of hydrogen-bond acceptors (Lipinski definition) is 4. The number of hydrazone groups is 1. The maximum Gasteiger partial charge on any atom is 0.307 e. The van der Waals surface area contributed by atoms with E-state index in [1.807, 2.05) is 24.4 Å². The molecule has 0 unspecified atom stereocenters. The van der Waals surface area contributed by atoms with E-state index in [0.717, 1.165) is 22.2 Å². The number of H-pyrrole nitrogens is 1. The number of hydrogen-bond donors (Lipinski definition) is 2. The molecule has 0 aliphatic heterocycles. The second-order valence-corrected chi connectivity index (χ2v) is 4.33. The Labute approximate surface area is 120 Å². The summed E-state index contributed by atoms with van der Waals surface area (Å²) in [4.78, 5) is 14.8. The zero-order valence-electron chi connectivity index (χ0n) is 11.3. The Morgan fingerprint density at radius 2 is 2.33 bits per heavy atom. The highest BCUT2D eigenvalue weighted by Gasteiger charge is 2.07. The van der Waals surface area contributed by atoms with E-state index in [-0.39, 0.29) is 5.76 Å². The summed E-state index contributed by atoms with van der Waals surface area (Å²) in [6, 6.07) is 8.92. The normalized spacial score (nSPS) is 11.1. The summed E-state index contributed by atoms with van der Waals surface area (Å²) in [6.07, 6.45) is 4.82. The zero-order valence-corrected chi connectivity index (χ0v) is 11.3. The van der Waals surface area contributed by atoms with Crippen molar-refractivity contribution in [3.63, 3.8) is 0 Å². The van der Waals surface area contributed by atoms with Gasteiger partial charge in [-0.15, -0.1) is 0 Å². The molecule has 0 atom stereocenters. The molecular weight excluding hydrogens is 270 g/mol. The van der Waals surface area contributed by atoms with Gasteiger partial charge in [-0.25, -0.2) is 5.43 Å². The predicted molar refractivity (Wildman–Crippen MR) is 78.6 cm³/mol. The van der Waals surface area contributed by atoms with Gasteiger partial charge in [0.2, 0.25) is 0 Å². The summed E-state index contributed by atoms with van der Waals surface area (Å²) in [6.45, 7) is 0. The molecule has 0 fully saturated rings. The van der Waals surface area contributed by atoms with Crippen molar-refractivity contribution in [2.45, 2.75) is 0 Å². The van der Waals surface area contributed by atoms with Gasteiger partial charge in [-0.3, -0.25) is 4.79 Å². The van der Waals surface area contributed by atoms with Gasteiger partial charge in [-0.05, 0) is 30.3 Å². The number of aromatic amines is 1. The molecule has 3 aromatic rings. The van der Waals surface area contributed by atoms with Gasteiger partial charge in [-0.2, -0.15) is 5.10 Å². The predicted octanol–water partition coefficient (Wildman–Crippen LogP) is 2.53. The van der Waals surface area contributed by atoms with Gasteiger partial charge in [0.25, 0.3) is 0 Å². The zero-order chi connectivity index (χ0) is 14.7. The molecule has 106 valence electrons. The van der Waals surface area contributed by atoms with E-state index in [4.69, 9.17) is 9.15 Å². The molecule has 3 rings (SSSR count). The van der Waals surface area contributed by atoms with Crippen LogP contribution in [-0.2, 0) is 0 Å². The van der Waals surface area contributed by atoms with E-state index in [0.29, 0.717) is 0 Å². The van der Waals surface area contributed by atoms with E-state index in [2.05, 4.69) is 15.5 Å². The molecule has 6 nitrogen and oxygen atoms in total. The Balaban J connectivity index is 1.78. The second-order valence-electron chi connectivity index (χ2n) is 4.33. The van der Waals surface area contributed by atoms with Crippen LogP contribution in [0.4, 0.5) is 0 Å². The van der Waals surface area contributed by atoms with Crippen molar-refractivity contribution in [1.29, 1.82) is 0 Å². The number of fused-ring (bicyclic) bond motifs is 1. The van der Waals surface area contributed by atoms with Crippen LogP contribution in [0.5, 0.6) is 5.75 Å². The molecule has 0 saturated carbocycles. The van der Waals surface area contributed by atoms with E-state index in [9.17, 15) is 4.79 Å². The lowest BCUT2D eigenvalue weighted by Crippen LogP contribution is -2.16. The van der Waals surface area contributed by atoms with Crippen LogP contribution in [0.1, 0.15) is 16.1 Å². The topological polar surface area (TPSA) is 79.6 Å². The molecule has 0 radical (unpaired) electrons. The summed E-state index contributed by atoms with van der Waals surface area (Å²) in [5.74, 6) is 0.581. The van der Waals surface area contributed by atoms with Crippen LogP contribution in [-0.4, -0.2) is 24.2 Å². The first-order valence-corrected chi connectivity index (χ1v) is 6.30. The van der Waals surface area contributed by atoms with E-state index >= 15 is 0 Å². The average Bonchev–Trinajstić information content (AvgIpc) is 3.16. The van der Waals surface area contributed by atoms with Gasteiger partial charge in [-0.1, -0.05) is 0 Å². The smallest absolute Gasteiger partial charge is 0.307 e. The van der Waals surface area contributed by atoms with Crippen molar-refractivity contribution in [3.05, 3.63) is 54.1 Å². The average molecular weight is 283 g/mol. The van der Waals surface area contributed by atoms with Crippen LogP contribution in [0.3, 0.4) is 0 Å². The number of carbonyl (C=O) groups excluding carboxylic acids is 1. The van der Waals surface area contributed by atoms with Gasteiger partial charge < -0.3 is 14.1 Å². The van der Waals surface area contributed by atoms with Gasteiger partial charge in [0.15, 0.2) is 5.76 Å². The fourth-order valence-corrected chi connectivity index (χ4v) is 1.98. The molecule has 0 saturated heterocycles. The lowest BCUT2D eigenvalue weighted by Gasteiger charge is -1.99. The van der Waals surface area contributed by atoms with Crippen molar-refractivity contribution >= 4 is 23.0 Å². The fraction of sp³-hybridized carbons (Fsp3) is 0.0667. The molecule has 2 aromatic heterocycles. The number of amides is 1. The quantitative estimate of drug-likeness (QED) is 0.570. The Hall–Kier alpha value is -3.02. The lowest BCUT2D eigenvalue weighted by molar-refractivity contribution is 0.0927. The number of benzene rings is 1. The Morgan fingerprint density at radius 3 is 3.10 bits per heavy atom. The van der Waals surface area contributed by atoms with Gasteiger partial charge in [0, 0.05) is 22.7 Å². The SMILES string of the molecule is COc1ccc2[nH]cc(/C=N/NC(=O)c3ccco3)c2c1. The second kappa shape index (κ2) is 5.54. The molecule has 1 aromatic carbocycles. The third-order valence-electron chi connectivity index (χ3n) is 3.04. The van der Waals surface area contributed by atoms with Crippen LogP contribution < -0.4 is 10.2 Å². The van der Waals surface area contributed by atoms with Crippen molar-refractivity contribution in [2.75, 3.05) is 7.11 Å². The maximum atomic E-state index is 11.7. The van der Waals surface area contributed by atoms with Crippen molar-refractivity contribution < 1.29 is 13.9 Å². The molecule has 21 heavy (non-hydrogen) atoms. The molecule has 2 N–H and O–H groups in total. The third-order valence-corrected chi connectivity index (χ3v) is 3.04. The summed E-state index contributed by atoms with van der Waals surface area (Å²) in [5, 5.41) is 4.89. The molecule has 0 bridgehead atoms. The monoisotopic (exact) mass is 283 g/mol. The highest BCUT2D eigenvalue weighted by Crippen LogP contribution is 2.22. The Morgan fingerprint density at radius 1 is 1.43 bits per heavy atom. The van der Waals surface area contributed by atoms with Crippen molar-refractivity contribution in [2.24, 2.45) is 5.10 Å². The number of carbonyl (C=O) groups is 1. The Bertz CT molecular complexity index is 788. The molecule has 1 amide bonds. The highest BCUT2D eigenvalue weighted by molar-refractivity contribution is 6.00. The van der Waals surface area contributed by atoms with Crippen LogP contribution >= 0.6 is 0 Å². The van der Waals surface area contributed by atoms with Crippen molar-refractivity contribution in [1.82, 2.24) is 10.4 Å². The maximum absolute atomic E-state index is 11.7. The van der Waals surface area contributed by atoms with Crippen LogP contribution in [0.15, 0.2) is 52.3 Å². The molecule has 0 aliphatic rings. The Kier molecular flexibility index (Phi) is 3.42. The van der Waals surface area contributed by atoms with Gasteiger partial charge in [0.05, 0.1) is 19.6 Å². The molecule has 0 aliphatic carbocycles. The number of aromatic nitrogens is 1. The van der Waals surface area contributed by atoms with E-state index < -0.39 is 5.91 Å². The minimum Gasteiger partial charge on any atom is -0.497 e. The molecule has 0 spiro atoms. The minimum absolute atomic E-state index is 0.216. The third kappa shape index (κ3) is 2.64. The fourth-order valence-electron chi connectivity index (χ4n) is 1.98. The number of nitrogens with zero attached hydrogens (tertiary/aromatic N) is 1. The van der Waals surface area contributed by atoms with Gasteiger partial charge >= 0.3 is 5.91 Å². The molecule has 6 heteroatoms. The highest BCUT2D eigenvalue weighted by atomic mass is 16.5. The summed E-state index contributed by atoms with van der Waals surface area (Å²) < 4.78 is 10.2. The number of nitrogens with one attached hydrogen (secondary N) is 2. The lowest BCUT2D eigenvalue weighted by atomic mass is 10.2. The molecular formula is C15H13N3O3. The standard InChI is InChI=1S/C15H13N3O3/c1-20-11-4-5-13-12(7-11)10(8-16-13)9-17-18-15(19)14-3-2-6-21-14/h2-9,16H,1H3,(H,18,19)/b17-9+. The number of furan rings is 1. The van der Waals surface area contributed by atoms with Crippen LogP contribution in [0.2, 0.25) is 0 Å². The van der Waals surface area contributed by atoms with Crippen LogP contribution in [0.25, 0.3) is 10.9 Å². The first-order valence-electron chi connectivity index (χ1n) is 6.30. The summed E-state index contributed by atoms with van der Waals surface area (Å²) in [5.41, 5.74) is 4.23. The summed E-state index contributed by atoms with van der Waals surface area (Å²) >= 11 is 0. The minimum atomic E-state index is -0.395. The van der Waals surface area contributed by atoms with Gasteiger partial charge in [0.1, 0.15) is 5.75 Å². The van der Waals surface area contributed by atoms with E-state index in [1.165, 1.54) is 6.26 Å².